The Kier molecular flexibility index (Phi) is 4.97. The summed E-state index contributed by atoms with van der Waals surface area (Å²) in [4.78, 5) is 36.4. The van der Waals surface area contributed by atoms with Crippen LogP contribution < -0.4 is 0 Å². The monoisotopic (exact) mass is 354 g/mol. The van der Waals surface area contributed by atoms with Crippen molar-refractivity contribution in [3.8, 4) is 0 Å². The molecule has 1 saturated heterocycles. The number of amides is 1. The molecule has 26 heavy (non-hydrogen) atoms. The van der Waals surface area contributed by atoms with Crippen LogP contribution in [0.25, 0.3) is 0 Å². The van der Waals surface area contributed by atoms with Gasteiger partial charge in [-0.05, 0) is 24.6 Å². The van der Waals surface area contributed by atoms with Crippen molar-refractivity contribution in [3.63, 3.8) is 0 Å². The van der Waals surface area contributed by atoms with Crippen LogP contribution in [0.3, 0.4) is 0 Å². The highest BCUT2D eigenvalue weighted by atomic mass is 16.6. The molecule has 0 bridgehead atoms. The third-order valence-electron chi connectivity index (χ3n) is 4.37. The van der Waals surface area contributed by atoms with E-state index in [0.717, 1.165) is 5.56 Å². The van der Waals surface area contributed by atoms with E-state index in [9.17, 15) is 19.7 Å². The lowest BCUT2D eigenvalue weighted by molar-refractivity contribution is -0.385. The molecular weight excluding hydrogens is 336 g/mol. The minimum absolute atomic E-state index is 0.0208. The molecule has 2 aromatic carbocycles. The first-order valence-electron chi connectivity index (χ1n) is 8.20. The molecule has 1 aliphatic rings. The Morgan fingerprint density at radius 3 is 2.50 bits per heavy atom. The van der Waals surface area contributed by atoms with Gasteiger partial charge >= 0.3 is 5.97 Å². The highest BCUT2D eigenvalue weighted by Crippen LogP contribution is 2.24. The molecule has 0 atom stereocenters. The van der Waals surface area contributed by atoms with Gasteiger partial charge < -0.3 is 9.64 Å². The Balaban J connectivity index is 1.52. The fourth-order valence-electron chi connectivity index (χ4n) is 2.82. The maximum absolute atomic E-state index is 12.4. The lowest BCUT2D eigenvalue weighted by atomic mass is 9.98. The Morgan fingerprint density at radius 2 is 1.88 bits per heavy atom. The number of nitro benzene ring substituents is 1. The molecule has 2 aromatic rings. The topological polar surface area (TPSA) is 89.8 Å². The second kappa shape index (κ2) is 7.35. The number of esters is 1. The molecule has 0 aliphatic carbocycles. The van der Waals surface area contributed by atoms with Crippen molar-refractivity contribution < 1.29 is 19.2 Å². The fraction of sp³-hybridized carbons (Fsp3) is 0.263. The number of nitro groups is 1. The fourth-order valence-corrected chi connectivity index (χ4v) is 2.82. The lowest BCUT2D eigenvalue weighted by Gasteiger charge is -2.37. The molecule has 1 amide bonds. The van der Waals surface area contributed by atoms with Crippen LogP contribution in [0.15, 0.2) is 48.5 Å². The van der Waals surface area contributed by atoms with Gasteiger partial charge in [0, 0.05) is 30.3 Å². The third-order valence-corrected chi connectivity index (χ3v) is 4.37. The number of likely N-dealkylation sites (tertiary alicyclic amines) is 1. The standard InChI is InChI=1S/C19H18N2O5/c1-13-9-15(7-8-17(13)21(24)25)18(22)20-10-16(11-20)19(23)26-12-14-5-3-2-4-6-14/h2-9,16H,10-12H2,1H3. The van der Waals surface area contributed by atoms with Crippen molar-refractivity contribution in [2.45, 2.75) is 13.5 Å². The van der Waals surface area contributed by atoms with E-state index in [0.29, 0.717) is 24.2 Å². The number of hydrogen-bond acceptors (Lipinski definition) is 5. The van der Waals surface area contributed by atoms with Gasteiger partial charge in [-0.25, -0.2) is 0 Å². The van der Waals surface area contributed by atoms with E-state index in [1.807, 2.05) is 30.3 Å². The van der Waals surface area contributed by atoms with Crippen molar-refractivity contribution in [3.05, 3.63) is 75.3 Å². The van der Waals surface area contributed by atoms with E-state index in [1.54, 1.807) is 6.92 Å². The van der Waals surface area contributed by atoms with Gasteiger partial charge in [0.1, 0.15) is 6.61 Å². The van der Waals surface area contributed by atoms with Gasteiger partial charge in [-0.3, -0.25) is 19.7 Å². The van der Waals surface area contributed by atoms with Crippen molar-refractivity contribution in [1.82, 2.24) is 4.90 Å². The molecule has 0 unspecified atom stereocenters. The van der Waals surface area contributed by atoms with Crippen LogP contribution in [0, 0.1) is 23.0 Å². The average Bonchev–Trinajstić information content (AvgIpc) is 2.59. The van der Waals surface area contributed by atoms with Gasteiger partial charge in [-0.15, -0.1) is 0 Å². The van der Waals surface area contributed by atoms with Crippen LogP contribution in [-0.4, -0.2) is 34.8 Å². The maximum Gasteiger partial charge on any atom is 0.312 e. The van der Waals surface area contributed by atoms with E-state index in [2.05, 4.69) is 0 Å². The van der Waals surface area contributed by atoms with Gasteiger partial charge in [0.2, 0.25) is 0 Å². The Labute approximate surface area is 150 Å². The molecule has 134 valence electrons. The molecule has 7 nitrogen and oxygen atoms in total. The molecule has 0 N–H and O–H groups in total. The highest BCUT2D eigenvalue weighted by Gasteiger charge is 2.37. The number of benzene rings is 2. The number of nitrogens with zero attached hydrogens (tertiary/aromatic N) is 2. The number of carbonyl (C=O) groups is 2. The molecule has 1 aliphatic heterocycles. The van der Waals surface area contributed by atoms with Gasteiger partial charge in [0.05, 0.1) is 10.8 Å². The summed E-state index contributed by atoms with van der Waals surface area (Å²) in [6.45, 7) is 2.39. The van der Waals surface area contributed by atoms with Gasteiger partial charge in [0.15, 0.2) is 0 Å². The quantitative estimate of drug-likeness (QED) is 0.468. The zero-order chi connectivity index (χ0) is 18.7. The molecule has 1 fully saturated rings. The summed E-state index contributed by atoms with van der Waals surface area (Å²) in [5.74, 6) is -0.894. The van der Waals surface area contributed by atoms with Crippen LogP contribution >= 0.6 is 0 Å². The largest absolute Gasteiger partial charge is 0.460 e. The van der Waals surface area contributed by atoms with Crippen molar-refractivity contribution >= 4 is 17.6 Å². The summed E-state index contributed by atoms with van der Waals surface area (Å²) in [6, 6.07) is 13.7. The van der Waals surface area contributed by atoms with Crippen LogP contribution in [-0.2, 0) is 16.1 Å². The summed E-state index contributed by atoms with van der Waals surface area (Å²) in [7, 11) is 0. The Morgan fingerprint density at radius 1 is 1.19 bits per heavy atom. The Bertz CT molecular complexity index is 844. The summed E-state index contributed by atoms with van der Waals surface area (Å²) >= 11 is 0. The maximum atomic E-state index is 12.4. The zero-order valence-electron chi connectivity index (χ0n) is 14.3. The first-order valence-corrected chi connectivity index (χ1v) is 8.20. The molecule has 3 rings (SSSR count). The minimum Gasteiger partial charge on any atom is -0.460 e. The third kappa shape index (κ3) is 3.72. The normalized spacial score (nSPS) is 13.8. The zero-order valence-corrected chi connectivity index (χ0v) is 14.3. The van der Waals surface area contributed by atoms with E-state index in [4.69, 9.17) is 4.74 Å². The first kappa shape index (κ1) is 17.6. The number of rotatable bonds is 5. The summed E-state index contributed by atoms with van der Waals surface area (Å²) in [5.41, 5.74) is 1.70. The summed E-state index contributed by atoms with van der Waals surface area (Å²) in [5, 5.41) is 10.8. The summed E-state index contributed by atoms with van der Waals surface area (Å²) in [6.07, 6.45) is 0. The van der Waals surface area contributed by atoms with Gasteiger partial charge in [0.25, 0.3) is 11.6 Å². The van der Waals surface area contributed by atoms with Gasteiger partial charge in [-0.1, -0.05) is 30.3 Å². The van der Waals surface area contributed by atoms with Crippen molar-refractivity contribution in [1.29, 1.82) is 0 Å². The molecule has 0 spiro atoms. The summed E-state index contributed by atoms with van der Waals surface area (Å²) < 4.78 is 5.28. The van der Waals surface area contributed by atoms with Crippen LogP contribution in [0.2, 0.25) is 0 Å². The predicted molar refractivity (Wildman–Crippen MR) is 93.5 cm³/mol. The number of ether oxygens (including phenoxy) is 1. The molecule has 1 heterocycles. The second-order valence-electron chi connectivity index (χ2n) is 6.26. The van der Waals surface area contributed by atoms with E-state index in [-0.39, 0.29) is 30.1 Å². The highest BCUT2D eigenvalue weighted by molar-refractivity contribution is 5.96. The molecule has 0 saturated carbocycles. The second-order valence-corrected chi connectivity index (χ2v) is 6.26. The first-order chi connectivity index (χ1) is 12.5. The molecular formula is C19H18N2O5. The predicted octanol–water partition coefficient (Wildman–Crippen LogP) is 2.72. The van der Waals surface area contributed by atoms with Crippen LogP contribution in [0.1, 0.15) is 21.5 Å². The smallest absolute Gasteiger partial charge is 0.312 e. The SMILES string of the molecule is Cc1cc(C(=O)N2CC(C(=O)OCc3ccccc3)C2)ccc1[N+](=O)[O-]. The average molecular weight is 354 g/mol. The lowest BCUT2D eigenvalue weighted by Crippen LogP contribution is -2.53. The van der Waals surface area contributed by atoms with E-state index >= 15 is 0 Å². The number of aryl methyl sites for hydroxylation is 1. The molecule has 7 heteroatoms. The van der Waals surface area contributed by atoms with E-state index in [1.165, 1.54) is 23.1 Å². The molecule has 0 aromatic heterocycles. The number of carbonyl (C=O) groups excluding carboxylic acids is 2. The van der Waals surface area contributed by atoms with Crippen molar-refractivity contribution in [2.75, 3.05) is 13.1 Å². The van der Waals surface area contributed by atoms with Gasteiger partial charge in [-0.2, -0.15) is 0 Å². The van der Waals surface area contributed by atoms with Crippen LogP contribution in [0.4, 0.5) is 5.69 Å². The molecule has 0 radical (unpaired) electrons. The van der Waals surface area contributed by atoms with E-state index < -0.39 is 4.92 Å². The van der Waals surface area contributed by atoms with Crippen molar-refractivity contribution in [2.24, 2.45) is 5.92 Å². The van der Waals surface area contributed by atoms with Crippen LogP contribution in [0.5, 0.6) is 0 Å². The Hall–Kier alpha value is -3.22. The minimum atomic E-state index is -0.480. The number of hydrogen-bond donors (Lipinski definition) is 0.